The van der Waals surface area contributed by atoms with Gasteiger partial charge in [-0.15, -0.1) is 0 Å². The predicted molar refractivity (Wildman–Crippen MR) is 87.3 cm³/mol. The molecule has 0 unspecified atom stereocenters. The third-order valence-corrected chi connectivity index (χ3v) is 3.57. The first kappa shape index (κ1) is 14.9. The standard InChI is InChI=1S/C18H13N3O4/c22-18(13-9-21-25-17(13)14-7-4-8-23-14)20-11-16-19-10-15(24-16)12-5-2-1-3-6-12/h1-10H,11H2,(H,20,22). The first-order valence-corrected chi connectivity index (χ1v) is 7.58. The summed E-state index contributed by atoms with van der Waals surface area (Å²) < 4.78 is 16.0. The van der Waals surface area contributed by atoms with Crippen LogP contribution in [0.25, 0.3) is 22.8 Å². The van der Waals surface area contributed by atoms with Crippen LogP contribution in [0.5, 0.6) is 0 Å². The van der Waals surface area contributed by atoms with Gasteiger partial charge in [-0.1, -0.05) is 35.5 Å². The highest BCUT2D eigenvalue weighted by Gasteiger charge is 2.20. The molecule has 4 aromatic rings. The fraction of sp³-hybridized carbons (Fsp3) is 0.0556. The van der Waals surface area contributed by atoms with E-state index >= 15 is 0 Å². The molecule has 1 N–H and O–H groups in total. The molecule has 1 aromatic carbocycles. The zero-order chi connectivity index (χ0) is 17.1. The van der Waals surface area contributed by atoms with Gasteiger partial charge in [0.1, 0.15) is 5.56 Å². The Morgan fingerprint density at radius 3 is 2.72 bits per heavy atom. The molecular weight excluding hydrogens is 322 g/mol. The van der Waals surface area contributed by atoms with E-state index < -0.39 is 0 Å². The number of benzene rings is 1. The Morgan fingerprint density at radius 1 is 1.04 bits per heavy atom. The summed E-state index contributed by atoms with van der Waals surface area (Å²) in [5.41, 5.74) is 1.21. The van der Waals surface area contributed by atoms with Crippen LogP contribution in [0.15, 0.2) is 74.5 Å². The van der Waals surface area contributed by atoms with E-state index in [1.54, 1.807) is 18.3 Å². The van der Waals surface area contributed by atoms with Crippen molar-refractivity contribution >= 4 is 5.91 Å². The van der Waals surface area contributed by atoms with Gasteiger partial charge in [0.25, 0.3) is 5.91 Å². The lowest BCUT2D eigenvalue weighted by Crippen LogP contribution is -2.23. The molecule has 0 saturated carbocycles. The summed E-state index contributed by atoms with van der Waals surface area (Å²) in [4.78, 5) is 16.5. The normalized spacial score (nSPS) is 10.7. The van der Waals surface area contributed by atoms with E-state index in [9.17, 15) is 4.79 Å². The van der Waals surface area contributed by atoms with Crippen LogP contribution in [0, 0.1) is 0 Å². The molecule has 0 bridgehead atoms. The van der Waals surface area contributed by atoms with Gasteiger partial charge in [-0.05, 0) is 12.1 Å². The van der Waals surface area contributed by atoms with Gasteiger partial charge >= 0.3 is 0 Å². The molecule has 1 amide bonds. The number of carbonyl (C=O) groups excluding carboxylic acids is 1. The van der Waals surface area contributed by atoms with Crippen molar-refractivity contribution in [3.63, 3.8) is 0 Å². The van der Waals surface area contributed by atoms with Crippen molar-refractivity contribution in [2.75, 3.05) is 0 Å². The zero-order valence-corrected chi connectivity index (χ0v) is 13.0. The third kappa shape index (κ3) is 3.07. The second-order valence-electron chi connectivity index (χ2n) is 5.21. The first-order chi connectivity index (χ1) is 12.3. The molecule has 0 atom stereocenters. The number of nitrogens with one attached hydrogen (secondary N) is 1. The van der Waals surface area contributed by atoms with E-state index in [2.05, 4.69) is 15.5 Å². The number of amides is 1. The minimum absolute atomic E-state index is 0.147. The van der Waals surface area contributed by atoms with Crippen LogP contribution in [0.4, 0.5) is 0 Å². The van der Waals surface area contributed by atoms with Crippen LogP contribution in [-0.2, 0) is 6.54 Å². The van der Waals surface area contributed by atoms with Gasteiger partial charge in [-0.3, -0.25) is 4.79 Å². The van der Waals surface area contributed by atoms with Crippen molar-refractivity contribution in [1.29, 1.82) is 0 Å². The lowest BCUT2D eigenvalue weighted by molar-refractivity contribution is 0.0947. The number of carbonyl (C=O) groups is 1. The van der Waals surface area contributed by atoms with Crippen molar-refractivity contribution in [2.24, 2.45) is 0 Å². The maximum Gasteiger partial charge on any atom is 0.257 e. The number of nitrogens with zero attached hydrogens (tertiary/aromatic N) is 2. The quantitative estimate of drug-likeness (QED) is 0.599. The van der Waals surface area contributed by atoms with Crippen LogP contribution in [0.1, 0.15) is 16.2 Å². The second-order valence-corrected chi connectivity index (χ2v) is 5.21. The Bertz CT molecular complexity index is 971. The highest BCUT2D eigenvalue weighted by Crippen LogP contribution is 2.24. The molecule has 25 heavy (non-hydrogen) atoms. The van der Waals surface area contributed by atoms with Crippen molar-refractivity contribution in [2.45, 2.75) is 6.54 Å². The molecule has 0 radical (unpaired) electrons. The van der Waals surface area contributed by atoms with Crippen molar-refractivity contribution < 1.29 is 18.2 Å². The van der Waals surface area contributed by atoms with Crippen molar-refractivity contribution in [3.8, 4) is 22.8 Å². The molecule has 124 valence electrons. The average Bonchev–Trinajstić information content (AvgIpc) is 3.41. The number of oxazole rings is 1. The van der Waals surface area contributed by atoms with Gasteiger partial charge in [0.2, 0.25) is 11.7 Å². The van der Waals surface area contributed by atoms with Crippen LogP contribution in [0.2, 0.25) is 0 Å². The molecule has 0 saturated heterocycles. The van der Waals surface area contributed by atoms with Gasteiger partial charge in [0.05, 0.1) is 25.2 Å². The Hall–Kier alpha value is -3.61. The Balaban J connectivity index is 1.45. The fourth-order valence-electron chi connectivity index (χ4n) is 2.37. The summed E-state index contributed by atoms with van der Waals surface area (Å²) in [7, 11) is 0. The lowest BCUT2D eigenvalue weighted by atomic mass is 10.2. The highest BCUT2D eigenvalue weighted by molar-refractivity contribution is 5.98. The fourth-order valence-corrected chi connectivity index (χ4v) is 2.37. The smallest absolute Gasteiger partial charge is 0.257 e. The maximum atomic E-state index is 12.3. The number of furan rings is 1. The minimum atomic E-state index is -0.355. The van der Waals surface area contributed by atoms with Gasteiger partial charge in [0, 0.05) is 5.56 Å². The number of aromatic nitrogens is 2. The summed E-state index contributed by atoms with van der Waals surface area (Å²) in [5.74, 6) is 1.41. The van der Waals surface area contributed by atoms with E-state index in [1.165, 1.54) is 12.5 Å². The molecule has 0 aliphatic carbocycles. The van der Waals surface area contributed by atoms with E-state index in [0.29, 0.717) is 17.4 Å². The van der Waals surface area contributed by atoms with Crippen molar-refractivity contribution in [1.82, 2.24) is 15.5 Å². The van der Waals surface area contributed by atoms with Gasteiger partial charge < -0.3 is 18.7 Å². The van der Waals surface area contributed by atoms with Gasteiger partial charge in [0.15, 0.2) is 11.5 Å². The van der Waals surface area contributed by atoms with Gasteiger partial charge in [-0.25, -0.2) is 4.98 Å². The van der Waals surface area contributed by atoms with Crippen molar-refractivity contribution in [3.05, 3.63) is 72.6 Å². The molecule has 0 aliphatic heterocycles. The average molecular weight is 335 g/mol. The predicted octanol–water partition coefficient (Wildman–Crippen LogP) is 3.52. The molecule has 0 spiro atoms. The van der Waals surface area contributed by atoms with Gasteiger partial charge in [-0.2, -0.15) is 0 Å². The number of hydrogen-bond acceptors (Lipinski definition) is 6. The topological polar surface area (TPSA) is 94.3 Å². The molecule has 7 nitrogen and oxygen atoms in total. The lowest BCUT2D eigenvalue weighted by Gasteiger charge is -2.01. The summed E-state index contributed by atoms with van der Waals surface area (Å²) in [6.45, 7) is 0.147. The maximum absolute atomic E-state index is 12.3. The molecule has 0 aliphatic rings. The largest absolute Gasteiger partial charge is 0.461 e. The van der Waals surface area contributed by atoms with Crippen LogP contribution in [-0.4, -0.2) is 16.0 Å². The third-order valence-electron chi connectivity index (χ3n) is 3.57. The number of rotatable bonds is 5. The molecule has 7 heteroatoms. The Labute approximate surface area is 142 Å². The number of hydrogen-bond donors (Lipinski definition) is 1. The summed E-state index contributed by atoms with van der Waals surface area (Å²) in [6.07, 6.45) is 4.47. The van der Waals surface area contributed by atoms with Crippen LogP contribution < -0.4 is 5.32 Å². The highest BCUT2D eigenvalue weighted by atomic mass is 16.5. The molecular formula is C18H13N3O4. The summed E-state index contributed by atoms with van der Waals surface area (Å²) in [5, 5.41) is 6.39. The first-order valence-electron chi connectivity index (χ1n) is 7.58. The SMILES string of the molecule is O=C(NCc1ncc(-c2ccccc2)o1)c1cnoc1-c1ccco1. The van der Waals surface area contributed by atoms with Crippen LogP contribution in [0.3, 0.4) is 0 Å². The van der Waals surface area contributed by atoms with E-state index in [0.717, 1.165) is 5.56 Å². The molecule has 3 aromatic heterocycles. The Morgan fingerprint density at radius 2 is 1.92 bits per heavy atom. The van der Waals surface area contributed by atoms with Crippen LogP contribution >= 0.6 is 0 Å². The minimum Gasteiger partial charge on any atom is -0.461 e. The van der Waals surface area contributed by atoms with E-state index in [-0.39, 0.29) is 23.8 Å². The molecule has 4 rings (SSSR count). The molecule has 0 fully saturated rings. The summed E-state index contributed by atoms with van der Waals surface area (Å²) in [6, 6.07) is 13.0. The summed E-state index contributed by atoms with van der Waals surface area (Å²) >= 11 is 0. The van der Waals surface area contributed by atoms with E-state index in [4.69, 9.17) is 13.4 Å². The zero-order valence-electron chi connectivity index (χ0n) is 13.0. The second kappa shape index (κ2) is 6.48. The van der Waals surface area contributed by atoms with E-state index in [1.807, 2.05) is 30.3 Å². The Kier molecular flexibility index (Phi) is 3.88. The monoisotopic (exact) mass is 335 g/mol. The molecule has 3 heterocycles.